The van der Waals surface area contributed by atoms with E-state index in [1.807, 2.05) is 16.8 Å². The van der Waals surface area contributed by atoms with E-state index < -0.39 is 0 Å². The van der Waals surface area contributed by atoms with Gasteiger partial charge in [0.1, 0.15) is 5.82 Å². The molecule has 20 heavy (non-hydrogen) atoms. The van der Waals surface area contributed by atoms with Crippen LogP contribution in [0.3, 0.4) is 0 Å². The Morgan fingerprint density at radius 3 is 2.40 bits per heavy atom. The van der Waals surface area contributed by atoms with Gasteiger partial charge in [0.2, 0.25) is 0 Å². The number of rotatable bonds is 6. The first kappa shape index (κ1) is 14.7. The highest BCUT2D eigenvalue weighted by atomic mass is 15.4. The molecule has 0 radical (unpaired) electrons. The molecule has 2 heterocycles. The van der Waals surface area contributed by atoms with Crippen LogP contribution in [0.5, 0.6) is 0 Å². The van der Waals surface area contributed by atoms with Gasteiger partial charge in [0.25, 0.3) is 0 Å². The molecule has 2 aromatic heterocycles. The van der Waals surface area contributed by atoms with Crippen LogP contribution in [0.15, 0.2) is 24.5 Å². The van der Waals surface area contributed by atoms with Crippen molar-refractivity contribution >= 4 is 0 Å². The number of hydrogen-bond acceptors (Lipinski definition) is 4. The molecule has 0 fully saturated rings. The van der Waals surface area contributed by atoms with Gasteiger partial charge in [-0.05, 0) is 24.1 Å². The standard InChI is InChI=1S/C15H23N5/c1-4-12(16)15(11-7-9-17-10-8-11)20-14(6-3)18-13(5-2)19-20/h7-10,12,15H,4-6,16H2,1-3H3. The largest absolute Gasteiger partial charge is 0.326 e. The second-order valence-corrected chi connectivity index (χ2v) is 4.89. The van der Waals surface area contributed by atoms with Crippen molar-refractivity contribution in [3.63, 3.8) is 0 Å². The van der Waals surface area contributed by atoms with Crippen molar-refractivity contribution in [2.24, 2.45) is 5.73 Å². The summed E-state index contributed by atoms with van der Waals surface area (Å²) < 4.78 is 2.00. The van der Waals surface area contributed by atoms with Gasteiger partial charge in [0, 0.05) is 31.3 Å². The fourth-order valence-electron chi connectivity index (χ4n) is 2.37. The van der Waals surface area contributed by atoms with E-state index in [-0.39, 0.29) is 12.1 Å². The lowest BCUT2D eigenvalue weighted by Crippen LogP contribution is -2.34. The monoisotopic (exact) mass is 273 g/mol. The third-order valence-corrected chi connectivity index (χ3v) is 3.57. The zero-order valence-electron chi connectivity index (χ0n) is 12.5. The van der Waals surface area contributed by atoms with Gasteiger partial charge in [-0.2, -0.15) is 5.10 Å². The van der Waals surface area contributed by atoms with E-state index in [0.29, 0.717) is 0 Å². The molecule has 2 rings (SSSR count). The fourth-order valence-corrected chi connectivity index (χ4v) is 2.37. The minimum absolute atomic E-state index is 0.00843. The molecule has 0 aromatic carbocycles. The van der Waals surface area contributed by atoms with Crippen LogP contribution < -0.4 is 5.73 Å². The number of hydrogen-bond donors (Lipinski definition) is 1. The van der Waals surface area contributed by atoms with Crippen molar-refractivity contribution in [1.82, 2.24) is 19.7 Å². The molecule has 0 saturated carbocycles. The van der Waals surface area contributed by atoms with Crippen LogP contribution in [0.4, 0.5) is 0 Å². The van der Waals surface area contributed by atoms with E-state index in [4.69, 9.17) is 5.73 Å². The van der Waals surface area contributed by atoms with Gasteiger partial charge in [-0.1, -0.05) is 20.8 Å². The van der Waals surface area contributed by atoms with Crippen molar-refractivity contribution in [3.8, 4) is 0 Å². The Morgan fingerprint density at radius 1 is 1.15 bits per heavy atom. The van der Waals surface area contributed by atoms with Crippen molar-refractivity contribution < 1.29 is 0 Å². The van der Waals surface area contributed by atoms with Crippen LogP contribution in [0, 0.1) is 0 Å². The molecular formula is C15H23N5. The summed E-state index contributed by atoms with van der Waals surface area (Å²) in [6.07, 6.45) is 6.18. The highest BCUT2D eigenvalue weighted by Crippen LogP contribution is 2.23. The Balaban J connectivity index is 2.49. The Labute approximate surface area is 120 Å². The van der Waals surface area contributed by atoms with Gasteiger partial charge in [0.15, 0.2) is 5.82 Å². The average Bonchev–Trinajstić information content (AvgIpc) is 2.91. The minimum atomic E-state index is 0.00843. The molecule has 0 aliphatic heterocycles. The van der Waals surface area contributed by atoms with Crippen molar-refractivity contribution in [3.05, 3.63) is 41.7 Å². The van der Waals surface area contributed by atoms with Gasteiger partial charge in [0.05, 0.1) is 6.04 Å². The summed E-state index contributed by atoms with van der Waals surface area (Å²) in [6, 6.07) is 4.04. The number of nitrogens with two attached hydrogens (primary N) is 1. The Morgan fingerprint density at radius 2 is 1.85 bits per heavy atom. The molecule has 2 unspecified atom stereocenters. The topological polar surface area (TPSA) is 69.6 Å². The Hall–Kier alpha value is -1.75. The van der Waals surface area contributed by atoms with Gasteiger partial charge in [-0.15, -0.1) is 0 Å². The maximum atomic E-state index is 6.35. The van der Waals surface area contributed by atoms with Crippen LogP contribution in [0.25, 0.3) is 0 Å². The predicted octanol–water partition coefficient (Wildman–Crippen LogP) is 2.12. The zero-order valence-corrected chi connectivity index (χ0v) is 12.5. The highest BCUT2D eigenvalue weighted by Gasteiger charge is 2.24. The van der Waals surface area contributed by atoms with E-state index in [2.05, 4.69) is 35.8 Å². The maximum absolute atomic E-state index is 6.35. The maximum Gasteiger partial charge on any atom is 0.150 e. The lowest BCUT2D eigenvalue weighted by Gasteiger charge is -2.24. The van der Waals surface area contributed by atoms with Crippen LogP contribution in [-0.4, -0.2) is 25.8 Å². The molecule has 2 atom stereocenters. The predicted molar refractivity (Wildman–Crippen MR) is 79.4 cm³/mol. The van der Waals surface area contributed by atoms with E-state index in [9.17, 15) is 0 Å². The van der Waals surface area contributed by atoms with E-state index in [0.717, 1.165) is 36.5 Å². The number of aryl methyl sites for hydroxylation is 2. The van der Waals surface area contributed by atoms with Crippen molar-refractivity contribution in [1.29, 1.82) is 0 Å². The number of nitrogens with zero attached hydrogens (tertiary/aromatic N) is 4. The molecule has 0 aliphatic rings. The number of pyridine rings is 1. The van der Waals surface area contributed by atoms with Gasteiger partial charge >= 0.3 is 0 Å². The highest BCUT2D eigenvalue weighted by molar-refractivity contribution is 5.19. The molecule has 0 amide bonds. The van der Waals surface area contributed by atoms with Crippen LogP contribution in [-0.2, 0) is 12.8 Å². The molecular weight excluding hydrogens is 250 g/mol. The molecule has 0 spiro atoms. The third kappa shape index (κ3) is 2.88. The van der Waals surface area contributed by atoms with Gasteiger partial charge in [-0.3, -0.25) is 4.98 Å². The van der Waals surface area contributed by atoms with Crippen LogP contribution >= 0.6 is 0 Å². The second kappa shape index (κ2) is 6.61. The molecule has 0 saturated heterocycles. The summed E-state index contributed by atoms with van der Waals surface area (Å²) in [5.41, 5.74) is 7.48. The molecule has 0 aliphatic carbocycles. The fraction of sp³-hybridized carbons (Fsp3) is 0.533. The molecule has 5 nitrogen and oxygen atoms in total. The van der Waals surface area contributed by atoms with Crippen LogP contribution in [0.1, 0.15) is 50.4 Å². The molecule has 2 aromatic rings. The second-order valence-electron chi connectivity index (χ2n) is 4.89. The molecule has 5 heteroatoms. The first-order valence-electron chi connectivity index (χ1n) is 7.31. The molecule has 2 N–H and O–H groups in total. The number of aromatic nitrogens is 4. The average molecular weight is 273 g/mol. The summed E-state index contributed by atoms with van der Waals surface area (Å²) >= 11 is 0. The zero-order chi connectivity index (χ0) is 14.5. The Kier molecular flexibility index (Phi) is 4.84. The van der Waals surface area contributed by atoms with E-state index in [1.165, 1.54) is 0 Å². The first-order chi connectivity index (χ1) is 9.71. The van der Waals surface area contributed by atoms with Gasteiger partial charge < -0.3 is 5.73 Å². The van der Waals surface area contributed by atoms with Crippen LogP contribution in [0.2, 0.25) is 0 Å². The van der Waals surface area contributed by atoms with E-state index in [1.54, 1.807) is 12.4 Å². The van der Waals surface area contributed by atoms with Gasteiger partial charge in [-0.25, -0.2) is 9.67 Å². The first-order valence-corrected chi connectivity index (χ1v) is 7.31. The Bertz CT molecular complexity index is 534. The van der Waals surface area contributed by atoms with Crippen molar-refractivity contribution in [2.75, 3.05) is 0 Å². The van der Waals surface area contributed by atoms with E-state index >= 15 is 0 Å². The van der Waals surface area contributed by atoms with Crippen molar-refractivity contribution in [2.45, 2.75) is 52.1 Å². The normalized spacial score (nSPS) is 14.2. The summed E-state index contributed by atoms with van der Waals surface area (Å²) in [6.45, 7) is 6.27. The summed E-state index contributed by atoms with van der Waals surface area (Å²) in [5, 5.41) is 4.65. The summed E-state index contributed by atoms with van der Waals surface area (Å²) in [5.74, 6) is 1.87. The molecule has 0 bridgehead atoms. The minimum Gasteiger partial charge on any atom is -0.326 e. The lowest BCUT2D eigenvalue weighted by molar-refractivity contribution is 0.409. The molecule has 108 valence electrons. The summed E-state index contributed by atoms with van der Waals surface area (Å²) in [7, 11) is 0. The smallest absolute Gasteiger partial charge is 0.150 e. The lowest BCUT2D eigenvalue weighted by atomic mass is 9.99. The summed E-state index contributed by atoms with van der Waals surface area (Å²) in [4.78, 5) is 8.68. The SMILES string of the molecule is CCc1nc(CC)n(C(c2ccncc2)C(N)CC)n1. The third-order valence-electron chi connectivity index (χ3n) is 3.57. The quantitative estimate of drug-likeness (QED) is 0.875.